The van der Waals surface area contributed by atoms with Crippen LogP contribution in [0.5, 0.6) is 5.75 Å². The Labute approximate surface area is 161 Å². The summed E-state index contributed by atoms with van der Waals surface area (Å²) in [7, 11) is 1.75. The topological polar surface area (TPSA) is 64.1 Å². The van der Waals surface area contributed by atoms with Crippen LogP contribution in [0.25, 0.3) is 0 Å². The van der Waals surface area contributed by atoms with E-state index in [0.29, 0.717) is 18.1 Å². The van der Waals surface area contributed by atoms with Crippen molar-refractivity contribution >= 4 is 17.6 Å². The Morgan fingerprint density at radius 1 is 1.27 bits per heavy atom. The number of hydrogen-bond donors (Lipinski definition) is 2. The predicted octanol–water partition coefficient (Wildman–Crippen LogP) is 2.86. The highest BCUT2D eigenvalue weighted by Crippen LogP contribution is 2.24. The Hall–Kier alpha value is -1.50. The predicted molar refractivity (Wildman–Crippen MR) is 105 cm³/mol. The van der Waals surface area contributed by atoms with Crippen LogP contribution in [-0.2, 0) is 9.47 Å². The molecule has 0 bridgehead atoms. The van der Waals surface area contributed by atoms with E-state index in [1.54, 1.807) is 7.11 Å². The molecule has 1 saturated heterocycles. The number of guanidine groups is 1. The van der Waals surface area contributed by atoms with Gasteiger partial charge < -0.3 is 24.8 Å². The highest BCUT2D eigenvalue weighted by Gasteiger charge is 2.32. The van der Waals surface area contributed by atoms with E-state index in [1.165, 1.54) is 0 Å². The van der Waals surface area contributed by atoms with Gasteiger partial charge in [-0.15, -0.1) is 0 Å². The van der Waals surface area contributed by atoms with Crippen LogP contribution in [0.4, 0.5) is 0 Å². The second-order valence-corrected chi connectivity index (χ2v) is 6.89. The molecule has 1 aromatic rings. The molecule has 6 nitrogen and oxygen atoms in total. The Kier molecular flexibility index (Phi) is 8.48. The van der Waals surface area contributed by atoms with Gasteiger partial charge in [-0.05, 0) is 38.1 Å². The molecule has 1 aliphatic rings. The highest BCUT2D eigenvalue weighted by molar-refractivity contribution is 6.30. The van der Waals surface area contributed by atoms with Gasteiger partial charge in [0, 0.05) is 44.7 Å². The van der Waals surface area contributed by atoms with Gasteiger partial charge in [0.05, 0.1) is 18.7 Å². The first-order chi connectivity index (χ1) is 12.6. The number of benzene rings is 1. The third-order valence-electron chi connectivity index (χ3n) is 4.41. The summed E-state index contributed by atoms with van der Waals surface area (Å²) in [6, 6.07) is 7.37. The second kappa shape index (κ2) is 10.6. The zero-order chi connectivity index (χ0) is 18.8. The molecule has 7 heteroatoms. The molecule has 1 unspecified atom stereocenters. The average molecular weight is 384 g/mol. The number of nitrogens with one attached hydrogen (secondary N) is 2. The monoisotopic (exact) mass is 383 g/mol. The third-order valence-corrected chi connectivity index (χ3v) is 4.67. The van der Waals surface area contributed by atoms with Crippen molar-refractivity contribution in [3.63, 3.8) is 0 Å². The Bertz CT molecular complexity index is 560. The van der Waals surface area contributed by atoms with E-state index in [2.05, 4.69) is 10.6 Å². The number of ether oxygens (including phenoxy) is 3. The third kappa shape index (κ3) is 6.67. The van der Waals surface area contributed by atoms with Gasteiger partial charge in [0.25, 0.3) is 0 Å². The van der Waals surface area contributed by atoms with Gasteiger partial charge in [0.15, 0.2) is 5.96 Å². The van der Waals surface area contributed by atoms with Crippen molar-refractivity contribution in [2.75, 3.05) is 40.0 Å². The van der Waals surface area contributed by atoms with Gasteiger partial charge in [0.1, 0.15) is 11.9 Å². The summed E-state index contributed by atoms with van der Waals surface area (Å²) in [5, 5.41) is 7.30. The summed E-state index contributed by atoms with van der Waals surface area (Å²) in [6.45, 7) is 7.54. The normalized spacial score (nSPS) is 18.2. The standard InChI is InChI=1S/C19H30ClN3O3/c1-4-21-18(23-14-19(24-3)9-11-25-12-10-19)22-13-15(2)26-17-7-5-16(20)6-8-17/h5-8,15H,4,9-14H2,1-3H3,(H2,21,22,23). The van der Waals surface area contributed by atoms with Crippen LogP contribution in [0.3, 0.4) is 0 Å². The van der Waals surface area contributed by atoms with E-state index in [-0.39, 0.29) is 11.7 Å². The lowest BCUT2D eigenvalue weighted by Crippen LogP contribution is -2.45. The van der Waals surface area contributed by atoms with Crippen LogP contribution in [0.2, 0.25) is 5.02 Å². The van der Waals surface area contributed by atoms with Crippen LogP contribution in [0, 0.1) is 0 Å². The summed E-state index contributed by atoms with van der Waals surface area (Å²) < 4.78 is 17.1. The van der Waals surface area contributed by atoms with Crippen molar-refractivity contribution < 1.29 is 14.2 Å². The zero-order valence-electron chi connectivity index (χ0n) is 15.9. The minimum atomic E-state index is -0.230. The maximum absolute atomic E-state index is 5.90. The van der Waals surface area contributed by atoms with Crippen molar-refractivity contribution in [1.82, 2.24) is 10.6 Å². The number of rotatable bonds is 8. The van der Waals surface area contributed by atoms with Crippen molar-refractivity contribution in [2.24, 2.45) is 4.99 Å². The summed E-state index contributed by atoms with van der Waals surface area (Å²) in [5.41, 5.74) is -0.230. The van der Waals surface area contributed by atoms with Gasteiger partial charge in [-0.1, -0.05) is 11.6 Å². The smallest absolute Gasteiger partial charge is 0.191 e. The van der Waals surface area contributed by atoms with Gasteiger partial charge in [-0.3, -0.25) is 4.99 Å². The SMILES string of the molecule is CCNC(=NCC1(OC)CCOCC1)NCC(C)Oc1ccc(Cl)cc1. The molecule has 0 radical (unpaired) electrons. The van der Waals surface area contributed by atoms with Crippen molar-refractivity contribution in [1.29, 1.82) is 0 Å². The van der Waals surface area contributed by atoms with E-state index in [1.807, 2.05) is 38.1 Å². The van der Waals surface area contributed by atoms with E-state index >= 15 is 0 Å². The molecule has 1 fully saturated rings. The van der Waals surface area contributed by atoms with Crippen LogP contribution < -0.4 is 15.4 Å². The number of aliphatic imine (C=N–C) groups is 1. The lowest BCUT2D eigenvalue weighted by atomic mass is 9.94. The van der Waals surface area contributed by atoms with Crippen LogP contribution in [0.1, 0.15) is 26.7 Å². The maximum atomic E-state index is 5.90. The van der Waals surface area contributed by atoms with Crippen LogP contribution >= 0.6 is 11.6 Å². The summed E-state index contributed by atoms with van der Waals surface area (Å²) >= 11 is 5.90. The quantitative estimate of drug-likeness (QED) is 0.534. The summed E-state index contributed by atoms with van der Waals surface area (Å²) in [6.07, 6.45) is 1.71. The molecule has 2 N–H and O–H groups in total. The fourth-order valence-corrected chi connectivity index (χ4v) is 2.89. The summed E-state index contributed by atoms with van der Waals surface area (Å²) in [4.78, 5) is 4.71. The number of halogens is 1. The molecule has 0 aromatic heterocycles. The molecule has 1 heterocycles. The number of nitrogens with zero attached hydrogens (tertiary/aromatic N) is 1. The Morgan fingerprint density at radius 3 is 2.58 bits per heavy atom. The number of methoxy groups -OCH3 is 1. The lowest BCUT2D eigenvalue weighted by molar-refractivity contribution is -0.0828. The molecule has 1 aliphatic heterocycles. The van der Waals surface area contributed by atoms with E-state index in [0.717, 1.165) is 44.3 Å². The molecule has 0 aliphatic carbocycles. The molecule has 26 heavy (non-hydrogen) atoms. The molecule has 0 amide bonds. The number of hydrogen-bond acceptors (Lipinski definition) is 4. The second-order valence-electron chi connectivity index (χ2n) is 6.46. The van der Waals surface area contributed by atoms with Crippen molar-refractivity contribution in [3.05, 3.63) is 29.3 Å². The van der Waals surface area contributed by atoms with Gasteiger partial charge >= 0.3 is 0 Å². The van der Waals surface area contributed by atoms with Crippen LogP contribution in [-0.4, -0.2) is 57.6 Å². The van der Waals surface area contributed by atoms with Gasteiger partial charge in [0.2, 0.25) is 0 Å². The highest BCUT2D eigenvalue weighted by atomic mass is 35.5. The molecule has 146 valence electrons. The zero-order valence-corrected chi connectivity index (χ0v) is 16.6. The Balaban J connectivity index is 1.86. The fourth-order valence-electron chi connectivity index (χ4n) is 2.76. The fraction of sp³-hybridized carbons (Fsp3) is 0.632. The minimum absolute atomic E-state index is 0.0144. The largest absolute Gasteiger partial charge is 0.489 e. The minimum Gasteiger partial charge on any atom is -0.489 e. The first kappa shape index (κ1) is 20.8. The molecule has 1 atom stereocenters. The Morgan fingerprint density at radius 2 is 1.96 bits per heavy atom. The van der Waals surface area contributed by atoms with Crippen LogP contribution in [0.15, 0.2) is 29.3 Å². The van der Waals surface area contributed by atoms with E-state index in [4.69, 9.17) is 30.8 Å². The molecule has 0 saturated carbocycles. The maximum Gasteiger partial charge on any atom is 0.191 e. The van der Waals surface area contributed by atoms with E-state index < -0.39 is 0 Å². The van der Waals surface area contributed by atoms with Crippen molar-refractivity contribution in [2.45, 2.75) is 38.4 Å². The molecule has 2 rings (SSSR count). The molecule has 1 aromatic carbocycles. The molecule has 0 spiro atoms. The van der Waals surface area contributed by atoms with E-state index in [9.17, 15) is 0 Å². The first-order valence-electron chi connectivity index (χ1n) is 9.14. The summed E-state index contributed by atoms with van der Waals surface area (Å²) in [5.74, 6) is 1.56. The average Bonchev–Trinajstić information content (AvgIpc) is 2.66. The first-order valence-corrected chi connectivity index (χ1v) is 9.52. The molecular weight excluding hydrogens is 354 g/mol. The van der Waals surface area contributed by atoms with Gasteiger partial charge in [-0.2, -0.15) is 0 Å². The molecular formula is C19H30ClN3O3. The van der Waals surface area contributed by atoms with Gasteiger partial charge in [-0.25, -0.2) is 0 Å². The van der Waals surface area contributed by atoms with Crippen molar-refractivity contribution in [3.8, 4) is 5.75 Å². The lowest BCUT2D eigenvalue weighted by Gasteiger charge is -2.34.